The summed E-state index contributed by atoms with van der Waals surface area (Å²) in [5, 5.41) is 13.1. The fraction of sp³-hybridized carbons (Fsp3) is 0.273. The zero-order valence-electron chi connectivity index (χ0n) is 15.4. The fourth-order valence-electron chi connectivity index (χ4n) is 3.42. The summed E-state index contributed by atoms with van der Waals surface area (Å²) in [7, 11) is 0. The van der Waals surface area contributed by atoms with Crippen molar-refractivity contribution in [2.45, 2.75) is 38.8 Å². The quantitative estimate of drug-likeness (QED) is 0.636. The average molecular weight is 364 g/mol. The van der Waals surface area contributed by atoms with Gasteiger partial charge in [0.25, 0.3) is 0 Å². The minimum absolute atomic E-state index is 0.00891. The second-order valence-corrected chi connectivity index (χ2v) is 6.60. The summed E-state index contributed by atoms with van der Waals surface area (Å²) in [6.45, 7) is 2.92. The molecule has 1 heterocycles. The highest BCUT2D eigenvalue weighted by atomic mass is 16.4. The summed E-state index contributed by atoms with van der Waals surface area (Å²) < 4.78 is 2.14. The van der Waals surface area contributed by atoms with Crippen molar-refractivity contribution in [3.8, 4) is 0 Å². The second-order valence-electron chi connectivity index (χ2n) is 6.60. The molecule has 5 nitrogen and oxygen atoms in total. The summed E-state index contributed by atoms with van der Waals surface area (Å²) in [4.78, 5) is 23.7. The number of hydrogen-bond acceptors (Lipinski definition) is 2. The van der Waals surface area contributed by atoms with Gasteiger partial charge in [0.1, 0.15) is 0 Å². The number of benzene rings is 2. The third-order valence-corrected chi connectivity index (χ3v) is 4.75. The molecule has 27 heavy (non-hydrogen) atoms. The Morgan fingerprint density at radius 1 is 1.07 bits per heavy atom. The first-order chi connectivity index (χ1) is 13.1. The average Bonchev–Trinajstić information content (AvgIpc) is 3.03. The highest BCUT2D eigenvalue weighted by Crippen LogP contribution is 2.23. The lowest BCUT2D eigenvalue weighted by atomic mass is 10.0. The van der Waals surface area contributed by atoms with E-state index in [1.165, 1.54) is 0 Å². The molecule has 5 heteroatoms. The van der Waals surface area contributed by atoms with Crippen molar-refractivity contribution in [3.05, 3.63) is 71.9 Å². The number of nitrogens with zero attached hydrogens (tertiary/aromatic N) is 1. The van der Waals surface area contributed by atoms with E-state index in [4.69, 9.17) is 5.11 Å². The SMILES string of the molecule is CCn1cc(CC(=O)NC(CCC(=O)O)c2ccccc2)c2ccccc21. The van der Waals surface area contributed by atoms with Gasteiger partial charge in [0.15, 0.2) is 0 Å². The Labute approximate surface area is 158 Å². The largest absolute Gasteiger partial charge is 0.481 e. The molecular weight excluding hydrogens is 340 g/mol. The van der Waals surface area contributed by atoms with E-state index in [-0.39, 0.29) is 24.8 Å². The molecule has 0 aliphatic rings. The van der Waals surface area contributed by atoms with E-state index in [0.717, 1.165) is 28.6 Å². The van der Waals surface area contributed by atoms with Crippen LogP contribution in [0.1, 0.15) is 36.9 Å². The summed E-state index contributed by atoms with van der Waals surface area (Å²) in [6, 6.07) is 17.3. The van der Waals surface area contributed by atoms with Gasteiger partial charge in [-0.1, -0.05) is 48.5 Å². The maximum atomic E-state index is 12.7. The smallest absolute Gasteiger partial charge is 0.303 e. The Bertz CT molecular complexity index is 931. The number of nitrogens with one attached hydrogen (secondary N) is 1. The van der Waals surface area contributed by atoms with Gasteiger partial charge in [-0.2, -0.15) is 0 Å². The number of para-hydroxylation sites is 1. The molecular formula is C22H24N2O3. The van der Waals surface area contributed by atoms with Crippen LogP contribution in [0.25, 0.3) is 10.9 Å². The number of hydrogen-bond donors (Lipinski definition) is 2. The zero-order chi connectivity index (χ0) is 19.2. The van der Waals surface area contributed by atoms with E-state index in [0.29, 0.717) is 6.42 Å². The Kier molecular flexibility index (Phi) is 5.91. The summed E-state index contributed by atoms with van der Waals surface area (Å²) >= 11 is 0. The Morgan fingerprint density at radius 2 is 1.78 bits per heavy atom. The van der Waals surface area contributed by atoms with Crippen LogP contribution < -0.4 is 5.32 Å². The van der Waals surface area contributed by atoms with Crippen molar-refractivity contribution in [1.29, 1.82) is 0 Å². The van der Waals surface area contributed by atoms with E-state index in [1.54, 1.807) is 0 Å². The lowest BCUT2D eigenvalue weighted by Crippen LogP contribution is -2.30. The van der Waals surface area contributed by atoms with Crippen molar-refractivity contribution in [3.63, 3.8) is 0 Å². The molecule has 0 saturated carbocycles. The molecule has 2 aromatic carbocycles. The third kappa shape index (κ3) is 4.56. The number of fused-ring (bicyclic) bond motifs is 1. The molecule has 0 aliphatic heterocycles. The van der Waals surface area contributed by atoms with Crippen LogP contribution in [-0.2, 0) is 22.6 Å². The Hall–Kier alpha value is -3.08. The maximum absolute atomic E-state index is 12.7. The lowest BCUT2D eigenvalue weighted by Gasteiger charge is -2.18. The van der Waals surface area contributed by atoms with Crippen molar-refractivity contribution in [2.75, 3.05) is 0 Å². The monoisotopic (exact) mass is 364 g/mol. The first-order valence-electron chi connectivity index (χ1n) is 9.21. The minimum atomic E-state index is -0.865. The molecule has 0 saturated heterocycles. The van der Waals surface area contributed by atoms with Crippen LogP contribution in [0.15, 0.2) is 60.8 Å². The molecule has 0 fully saturated rings. The van der Waals surface area contributed by atoms with Gasteiger partial charge < -0.3 is 15.0 Å². The maximum Gasteiger partial charge on any atom is 0.303 e. The molecule has 3 rings (SSSR count). The normalized spacial score (nSPS) is 12.0. The standard InChI is InChI=1S/C22H24N2O3/c1-2-24-15-17(18-10-6-7-11-20(18)24)14-21(25)23-19(12-13-22(26)27)16-8-4-3-5-9-16/h3-11,15,19H,2,12-14H2,1H3,(H,23,25)(H,26,27). The fourth-order valence-corrected chi connectivity index (χ4v) is 3.42. The molecule has 0 aliphatic carbocycles. The number of carboxylic acid groups (broad SMARTS) is 1. The molecule has 0 bridgehead atoms. The zero-order valence-corrected chi connectivity index (χ0v) is 15.4. The summed E-state index contributed by atoms with van der Waals surface area (Å²) in [6.07, 6.45) is 2.67. The summed E-state index contributed by atoms with van der Waals surface area (Å²) in [5.74, 6) is -0.968. The van der Waals surface area contributed by atoms with Crippen LogP contribution in [0.3, 0.4) is 0 Å². The van der Waals surface area contributed by atoms with E-state index >= 15 is 0 Å². The number of aromatic nitrogens is 1. The van der Waals surface area contributed by atoms with Crippen LogP contribution in [0.5, 0.6) is 0 Å². The number of amides is 1. The second kappa shape index (κ2) is 8.54. The van der Waals surface area contributed by atoms with E-state index in [2.05, 4.69) is 22.9 Å². The predicted molar refractivity (Wildman–Crippen MR) is 106 cm³/mol. The number of carbonyl (C=O) groups excluding carboxylic acids is 1. The van der Waals surface area contributed by atoms with Gasteiger partial charge in [-0.3, -0.25) is 9.59 Å². The topological polar surface area (TPSA) is 71.3 Å². The molecule has 140 valence electrons. The van der Waals surface area contributed by atoms with Crippen LogP contribution in [0.4, 0.5) is 0 Å². The molecule has 1 aromatic heterocycles. The third-order valence-electron chi connectivity index (χ3n) is 4.75. The minimum Gasteiger partial charge on any atom is -0.481 e. The van der Waals surface area contributed by atoms with Crippen LogP contribution >= 0.6 is 0 Å². The first-order valence-corrected chi connectivity index (χ1v) is 9.21. The predicted octanol–water partition coefficient (Wildman–Crippen LogP) is 3.93. The first kappa shape index (κ1) is 18.7. The van der Waals surface area contributed by atoms with Crippen LogP contribution in [0, 0.1) is 0 Å². The number of aliphatic carboxylic acids is 1. The molecule has 0 radical (unpaired) electrons. The summed E-state index contributed by atoms with van der Waals surface area (Å²) in [5.41, 5.74) is 3.02. The highest BCUT2D eigenvalue weighted by Gasteiger charge is 2.17. The van der Waals surface area contributed by atoms with Gasteiger partial charge in [-0.15, -0.1) is 0 Å². The van der Waals surface area contributed by atoms with Crippen LogP contribution in [-0.4, -0.2) is 21.6 Å². The lowest BCUT2D eigenvalue weighted by molar-refractivity contribution is -0.137. The van der Waals surface area contributed by atoms with Crippen LogP contribution in [0.2, 0.25) is 0 Å². The number of carbonyl (C=O) groups is 2. The molecule has 2 N–H and O–H groups in total. The number of aryl methyl sites for hydroxylation is 1. The van der Waals surface area contributed by atoms with Gasteiger partial charge in [-0.05, 0) is 30.5 Å². The van der Waals surface area contributed by atoms with Crippen molar-refractivity contribution >= 4 is 22.8 Å². The van der Waals surface area contributed by atoms with Crippen molar-refractivity contribution in [1.82, 2.24) is 9.88 Å². The van der Waals surface area contributed by atoms with Gasteiger partial charge >= 0.3 is 5.97 Å². The van der Waals surface area contributed by atoms with E-state index in [9.17, 15) is 9.59 Å². The molecule has 0 spiro atoms. The van der Waals surface area contributed by atoms with Gasteiger partial charge in [0.2, 0.25) is 5.91 Å². The van der Waals surface area contributed by atoms with E-state index in [1.807, 2.05) is 54.7 Å². The Balaban J connectivity index is 1.77. The van der Waals surface area contributed by atoms with Gasteiger partial charge in [0, 0.05) is 30.1 Å². The highest BCUT2D eigenvalue weighted by molar-refractivity contribution is 5.89. The van der Waals surface area contributed by atoms with E-state index < -0.39 is 5.97 Å². The molecule has 1 unspecified atom stereocenters. The Morgan fingerprint density at radius 3 is 2.48 bits per heavy atom. The molecule has 3 aromatic rings. The van der Waals surface area contributed by atoms with Gasteiger partial charge in [-0.25, -0.2) is 0 Å². The molecule has 1 amide bonds. The van der Waals surface area contributed by atoms with Crippen molar-refractivity contribution in [2.24, 2.45) is 0 Å². The van der Waals surface area contributed by atoms with Crippen molar-refractivity contribution < 1.29 is 14.7 Å². The van der Waals surface area contributed by atoms with Gasteiger partial charge in [0.05, 0.1) is 12.5 Å². The number of carboxylic acids is 1. The number of rotatable bonds is 8. The molecule has 1 atom stereocenters.